The zero-order valence-electron chi connectivity index (χ0n) is 16.0. The molecule has 7 nitrogen and oxygen atoms in total. The van der Waals surface area contributed by atoms with Crippen molar-refractivity contribution in [2.45, 2.75) is 26.2 Å². The molecule has 26 heavy (non-hydrogen) atoms. The molecule has 1 N–H and O–H groups in total. The highest BCUT2D eigenvalue weighted by atomic mass is 16.5. The van der Waals surface area contributed by atoms with E-state index < -0.39 is 0 Å². The molecule has 0 aliphatic rings. The van der Waals surface area contributed by atoms with Crippen molar-refractivity contribution in [2.75, 3.05) is 39.2 Å². The molecule has 1 aromatic heterocycles. The van der Waals surface area contributed by atoms with Crippen molar-refractivity contribution in [1.29, 1.82) is 0 Å². The van der Waals surface area contributed by atoms with Gasteiger partial charge < -0.3 is 14.0 Å². The van der Waals surface area contributed by atoms with Crippen LogP contribution in [0.25, 0.3) is 0 Å². The highest BCUT2D eigenvalue weighted by Crippen LogP contribution is 2.23. The summed E-state index contributed by atoms with van der Waals surface area (Å²) in [5.74, 6) is 1.75. The number of carbonyl (C=O) groups is 1. The average Bonchev–Trinajstić information content (AvgIpc) is 3.04. The molecule has 0 saturated heterocycles. The van der Waals surface area contributed by atoms with Crippen molar-refractivity contribution in [3.05, 3.63) is 36.0 Å². The van der Waals surface area contributed by atoms with Crippen LogP contribution in [0.3, 0.4) is 0 Å². The van der Waals surface area contributed by atoms with Crippen molar-refractivity contribution in [1.82, 2.24) is 10.1 Å². The molecule has 0 fully saturated rings. The second-order valence-corrected chi connectivity index (χ2v) is 7.14. The van der Waals surface area contributed by atoms with Crippen LogP contribution < -0.4 is 14.8 Å². The molecule has 1 amide bonds. The molecule has 0 saturated carbocycles. The Bertz CT molecular complexity index is 704. The molecular weight excluding hydrogens is 334 g/mol. The molecule has 0 unspecified atom stereocenters. The molecule has 1 aromatic carbocycles. The third-order valence-corrected chi connectivity index (χ3v) is 3.76. The lowest BCUT2D eigenvalue weighted by Crippen LogP contribution is -2.33. The number of nitrogens with one attached hydrogen (secondary N) is 1. The van der Waals surface area contributed by atoms with Gasteiger partial charge in [0.1, 0.15) is 18.1 Å². The standard InChI is InChI=1S/C19H27N3O4/c1-19(2,3)16-12-18(26-21-16)20-17(23)13-22(4)10-11-25-15-8-6-14(24-5)7-9-15/h6-9,12H,10-11,13H2,1-5H3,(H,20,23). The first kappa shape index (κ1) is 19.8. The highest BCUT2D eigenvalue weighted by Gasteiger charge is 2.19. The molecule has 0 atom stereocenters. The van der Waals surface area contributed by atoms with Crippen LogP contribution in [0, 0.1) is 0 Å². The summed E-state index contributed by atoms with van der Waals surface area (Å²) < 4.78 is 15.9. The predicted octanol–water partition coefficient (Wildman–Crippen LogP) is 2.93. The molecule has 2 aromatic rings. The van der Waals surface area contributed by atoms with Crippen LogP contribution >= 0.6 is 0 Å². The maximum atomic E-state index is 12.1. The van der Waals surface area contributed by atoms with Gasteiger partial charge in [-0.2, -0.15) is 0 Å². The molecule has 2 rings (SSSR count). The second-order valence-electron chi connectivity index (χ2n) is 7.14. The lowest BCUT2D eigenvalue weighted by molar-refractivity contribution is -0.117. The number of ether oxygens (including phenoxy) is 2. The third kappa shape index (κ3) is 6.07. The first-order valence-electron chi connectivity index (χ1n) is 8.50. The van der Waals surface area contributed by atoms with Crippen LogP contribution in [0.2, 0.25) is 0 Å². The van der Waals surface area contributed by atoms with Crippen molar-refractivity contribution in [3.63, 3.8) is 0 Å². The number of aromatic nitrogens is 1. The molecule has 0 spiro atoms. The number of carbonyl (C=O) groups excluding carboxylic acids is 1. The first-order valence-corrected chi connectivity index (χ1v) is 8.50. The molecule has 7 heteroatoms. The Morgan fingerprint density at radius 2 is 1.88 bits per heavy atom. The van der Waals surface area contributed by atoms with Gasteiger partial charge in [0.25, 0.3) is 0 Å². The van der Waals surface area contributed by atoms with Crippen LogP contribution in [0.1, 0.15) is 26.5 Å². The Balaban J connectivity index is 1.72. The number of nitrogens with zero attached hydrogens (tertiary/aromatic N) is 2. The van der Waals surface area contributed by atoms with E-state index in [0.29, 0.717) is 19.0 Å². The number of likely N-dealkylation sites (N-methyl/N-ethyl adjacent to an activating group) is 1. The molecule has 0 radical (unpaired) electrons. The Morgan fingerprint density at radius 1 is 1.23 bits per heavy atom. The molecular formula is C19H27N3O4. The van der Waals surface area contributed by atoms with Gasteiger partial charge in [0, 0.05) is 18.0 Å². The lowest BCUT2D eigenvalue weighted by Gasteiger charge is -2.16. The summed E-state index contributed by atoms with van der Waals surface area (Å²) in [6.45, 7) is 7.43. The van der Waals surface area contributed by atoms with Gasteiger partial charge in [0.2, 0.25) is 11.8 Å². The van der Waals surface area contributed by atoms with Gasteiger partial charge in [0.05, 0.1) is 19.3 Å². The van der Waals surface area contributed by atoms with Gasteiger partial charge in [-0.15, -0.1) is 0 Å². The van der Waals surface area contributed by atoms with Gasteiger partial charge in [0.15, 0.2) is 0 Å². The molecule has 0 aliphatic heterocycles. The Morgan fingerprint density at radius 3 is 2.46 bits per heavy atom. The Labute approximate surface area is 154 Å². The average molecular weight is 361 g/mol. The van der Waals surface area contributed by atoms with Crippen LogP contribution in [0.15, 0.2) is 34.9 Å². The van der Waals surface area contributed by atoms with Crippen molar-refractivity contribution in [2.24, 2.45) is 0 Å². The van der Waals surface area contributed by atoms with E-state index >= 15 is 0 Å². The van der Waals surface area contributed by atoms with Crippen molar-refractivity contribution in [3.8, 4) is 11.5 Å². The number of rotatable bonds is 8. The van der Waals surface area contributed by atoms with Gasteiger partial charge in [-0.3, -0.25) is 15.0 Å². The summed E-state index contributed by atoms with van der Waals surface area (Å²) in [6.07, 6.45) is 0. The summed E-state index contributed by atoms with van der Waals surface area (Å²) in [6, 6.07) is 9.14. The fraction of sp³-hybridized carbons (Fsp3) is 0.474. The van der Waals surface area contributed by atoms with Crippen molar-refractivity contribution >= 4 is 11.8 Å². The fourth-order valence-electron chi connectivity index (χ4n) is 2.18. The third-order valence-electron chi connectivity index (χ3n) is 3.76. The van der Waals surface area contributed by atoms with Crippen LogP contribution in [-0.2, 0) is 10.2 Å². The van der Waals surface area contributed by atoms with E-state index in [0.717, 1.165) is 17.2 Å². The minimum atomic E-state index is -0.159. The summed E-state index contributed by atoms with van der Waals surface area (Å²) in [4.78, 5) is 14.0. The van der Waals surface area contributed by atoms with E-state index in [-0.39, 0.29) is 17.9 Å². The fourth-order valence-corrected chi connectivity index (χ4v) is 2.18. The Hall–Kier alpha value is -2.54. The summed E-state index contributed by atoms with van der Waals surface area (Å²) in [7, 11) is 3.48. The topological polar surface area (TPSA) is 76.8 Å². The minimum Gasteiger partial charge on any atom is -0.497 e. The summed E-state index contributed by atoms with van der Waals surface area (Å²) >= 11 is 0. The molecule has 142 valence electrons. The van der Waals surface area contributed by atoms with Crippen LogP contribution in [0.5, 0.6) is 11.5 Å². The highest BCUT2D eigenvalue weighted by molar-refractivity contribution is 5.90. The molecule has 0 bridgehead atoms. The first-order chi connectivity index (χ1) is 12.3. The summed E-state index contributed by atoms with van der Waals surface area (Å²) in [5.41, 5.74) is 0.677. The van der Waals surface area contributed by atoms with E-state index in [1.807, 2.05) is 57.0 Å². The van der Waals surface area contributed by atoms with E-state index in [2.05, 4.69) is 10.5 Å². The number of hydrogen-bond donors (Lipinski definition) is 1. The smallest absolute Gasteiger partial charge is 0.240 e. The van der Waals surface area contributed by atoms with E-state index in [1.165, 1.54) is 0 Å². The van der Waals surface area contributed by atoms with Crippen LogP contribution in [-0.4, -0.2) is 49.8 Å². The SMILES string of the molecule is COc1ccc(OCCN(C)CC(=O)Nc2cc(C(C)(C)C)no2)cc1. The molecule has 1 heterocycles. The molecule has 0 aliphatic carbocycles. The minimum absolute atomic E-state index is 0.123. The number of anilines is 1. The van der Waals surface area contributed by atoms with E-state index in [9.17, 15) is 4.79 Å². The normalized spacial score (nSPS) is 11.5. The lowest BCUT2D eigenvalue weighted by atomic mass is 9.92. The van der Waals surface area contributed by atoms with E-state index in [4.69, 9.17) is 14.0 Å². The monoisotopic (exact) mass is 361 g/mol. The zero-order valence-corrected chi connectivity index (χ0v) is 16.0. The predicted molar refractivity (Wildman–Crippen MR) is 99.8 cm³/mol. The maximum absolute atomic E-state index is 12.1. The van der Waals surface area contributed by atoms with Crippen molar-refractivity contribution < 1.29 is 18.8 Å². The number of hydrogen-bond acceptors (Lipinski definition) is 6. The van der Waals surface area contributed by atoms with Gasteiger partial charge in [-0.05, 0) is 31.3 Å². The quantitative estimate of drug-likeness (QED) is 0.779. The largest absolute Gasteiger partial charge is 0.497 e. The number of methoxy groups -OCH3 is 1. The number of benzene rings is 1. The van der Waals surface area contributed by atoms with Gasteiger partial charge >= 0.3 is 0 Å². The Kier molecular flexibility index (Phi) is 6.63. The number of amides is 1. The van der Waals surface area contributed by atoms with Crippen LogP contribution in [0.4, 0.5) is 5.88 Å². The zero-order chi connectivity index (χ0) is 19.2. The van der Waals surface area contributed by atoms with Gasteiger partial charge in [-0.25, -0.2) is 0 Å². The summed E-state index contributed by atoms with van der Waals surface area (Å²) in [5, 5.41) is 6.70. The second kappa shape index (κ2) is 8.71. The maximum Gasteiger partial charge on any atom is 0.240 e. The van der Waals surface area contributed by atoms with E-state index in [1.54, 1.807) is 13.2 Å². The van der Waals surface area contributed by atoms with Gasteiger partial charge in [-0.1, -0.05) is 25.9 Å².